The van der Waals surface area contributed by atoms with Crippen LogP contribution in [0.3, 0.4) is 0 Å². The van der Waals surface area contributed by atoms with Crippen molar-refractivity contribution in [1.82, 2.24) is 5.32 Å². The van der Waals surface area contributed by atoms with Gasteiger partial charge in [0.25, 0.3) is 5.91 Å². The number of hydrogen-bond donors (Lipinski definition) is 2. The maximum Gasteiger partial charge on any atom is 0.416 e. The molecule has 0 aliphatic rings. The van der Waals surface area contributed by atoms with Gasteiger partial charge in [-0.05, 0) is 37.3 Å². The highest BCUT2D eigenvalue weighted by Gasteiger charge is 2.30. The summed E-state index contributed by atoms with van der Waals surface area (Å²) in [5.74, 6) is -0.792. The average molecular weight is 350 g/mol. The van der Waals surface area contributed by atoms with Crippen molar-refractivity contribution in [3.05, 3.63) is 65.2 Å². The lowest BCUT2D eigenvalue weighted by Gasteiger charge is -2.10. The van der Waals surface area contributed by atoms with E-state index in [1.807, 2.05) is 13.0 Å². The Morgan fingerprint density at radius 2 is 1.76 bits per heavy atom. The van der Waals surface area contributed by atoms with Crippen LogP contribution in [0.5, 0.6) is 0 Å². The van der Waals surface area contributed by atoms with E-state index in [1.165, 1.54) is 12.1 Å². The molecule has 0 radical (unpaired) electrons. The number of alkyl halides is 3. The first-order valence-electron chi connectivity index (χ1n) is 7.58. The molecule has 0 heterocycles. The summed E-state index contributed by atoms with van der Waals surface area (Å²) in [4.78, 5) is 23.7. The molecule has 4 nitrogen and oxygen atoms in total. The number of amides is 2. The van der Waals surface area contributed by atoms with Crippen molar-refractivity contribution in [2.45, 2.75) is 19.5 Å². The van der Waals surface area contributed by atoms with E-state index in [1.54, 1.807) is 18.2 Å². The fourth-order valence-corrected chi connectivity index (χ4v) is 2.17. The topological polar surface area (TPSA) is 58.2 Å². The van der Waals surface area contributed by atoms with E-state index in [2.05, 4.69) is 10.6 Å². The van der Waals surface area contributed by atoms with Crippen molar-refractivity contribution in [2.24, 2.45) is 0 Å². The van der Waals surface area contributed by atoms with E-state index in [-0.39, 0.29) is 24.6 Å². The Hall–Kier alpha value is -2.83. The van der Waals surface area contributed by atoms with Crippen molar-refractivity contribution in [3.63, 3.8) is 0 Å². The highest BCUT2D eigenvalue weighted by molar-refractivity contribution is 5.95. The van der Waals surface area contributed by atoms with E-state index in [9.17, 15) is 22.8 Å². The van der Waals surface area contributed by atoms with Gasteiger partial charge in [0.15, 0.2) is 0 Å². The van der Waals surface area contributed by atoms with Gasteiger partial charge >= 0.3 is 6.18 Å². The molecule has 0 bridgehead atoms. The number of carbonyl (C=O) groups is 2. The molecule has 0 saturated carbocycles. The molecule has 0 fully saturated rings. The van der Waals surface area contributed by atoms with E-state index in [0.717, 1.165) is 17.7 Å². The van der Waals surface area contributed by atoms with Gasteiger partial charge in [-0.3, -0.25) is 9.59 Å². The molecule has 2 aromatic rings. The zero-order valence-electron chi connectivity index (χ0n) is 13.5. The molecule has 0 aliphatic heterocycles. The summed E-state index contributed by atoms with van der Waals surface area (Å²) in [6.07, 6.45) is -4.52. The van der Waals surface area contributed by atoms with E-state index < -0.39 is 17.6 Å². The van der Waals surface area contributed by atoms with Crippen LogP contribution in [-0.2, 0) is 11.0 Å². The summed E-state index contributed by atoms with van der Waals surface area (Å²) in [6.45, 7) is 1.94. The van der Waals surface area contributed by atoms with Crippen molar-refractivity contribution in [3.8, 4) is 0 Å². The van der Waals surface area contributed by atoms with Gasteiger partial charge in [0, 0.05) is 24.2 Å². The number of rotatable bonds is 5. The largest absolute Gasteiger partial charge is 0.416 e. The van der Waals surface area contributed by atoms with Gasteiger partial charge in [-0.15, -0.1) is 0 Å². The number of carbonyl (C=O) groups excluding carboxylic acids is 2. The maximum absolute atomic E-state index is 12.6. The zero-order chi connectivity index (χ0) is 18.4. The molecular formula is C18H17F3N2O2. The van der Waals surface area contributed by atoms with Crippen LogP contribution >= 0.6 is 0 Å². The lowest BCUT2D eigenvalue weighted by molar-refractivity contribution is -0.137. The number of aryl methyl sites for hydroxylation is 1. The molecule has 132 valence electrons. The highest BCUT2D eigenvalue weighted by Crippen LogP contribution is 2.30. The molecule has 7 heteroatoms. The summed E-state index contributed by atoms with van der Waals surface area (Å²) in [5, 5.41) is 4.99. The van der Waals surface area contributed by atoms with Gasteiger partial charge in [-0.1, -0.05) is 23.8 Å². The van der Waals surface area contributed by atoms with Gasteiger partial charge in [0.2, 0.25) is 5.91 Å². The predicted molar refractivity (Wildman–Crippen MR) is 88.2 cm³/mol. The van der Waals surface area contributed by atoms with Crippen LogP contribution in [0.15, 0.2) is 48.5 Å². The summed E-state index contributed by atoms with van der Waals surface area (Å²) in [6, 6.07) is 11.4. The third-order valence-electron chi connectivity index (χ3n) is 3.39. The number of anilines is 1. The van der Waals surface area contributed by atoms with Crippen LogP contribution in [0.1, 0.15) is 27.9 Å². The van der Waals surface area contributed by atoms with Crippen molar-refractivity contribution < 1.29 is 22.8 Å². The van der Waals surface area contributed by atoms with E-state index >= 15 is 0 Å². The Labute approximate surface area is 143 Å². The molecule has 0 saturated heterocycles. The average Bonchev–Trinajstić information content (AvgIpc) is 2.54. The summed E-state index contributed by atoms with van der Waals surface area (Å²) >= 11 is 0. The van der Waals surface area contributed by atoms with Crippen LogP contribution in [0.4, 0.5) is 18.9 Å². The summed E-state index contributed by atoms with van der Waals surface area (Å²) in [7, 11) is 0. The molecular weight excluding hydrogens is 333 g/mol. The van der Waals surface area contributed by atoms with Crippen LogP contribution in [0, 0.1) is 6.92 Å². The normalized spacial score (nSPS) is 11.0. The quantitative estimate of drug-likeness (QED) is 0.862. The van der Waals surface area contributed by atoms with Crippen LogP contribution < -0.4 is 10.6 Å². The molecule has 2 amide bonds. The van der Waals surface area contributed by atoms with Crippen molar-refractivity contribution in [1.29, 1.82) is 0 Å². The van der Waals surface area contributed by atoms with Gasteiger partial charge < -0.3 is 10.6 Å². The first kappa shape index (κ1) is 18.5. The fourth-order valence-electron chi connectivity index (χ4n) is 2.17. The molecule has 0 atom stereocenters. The lowest BCUT2D eigenvalue weighted by Crippen LogP contribution is -2.27. The lowest BCUT2D eigenvalue weighted by atomic mass is 10.1. The third-order valence-corrected chi connectivity index (χ3v) is 3.39. The highest BCUT2D eigenvalue weighted by atomic mass is 19.4. The van der Waals surface area contributed by atoms with Gasteiger partial charge in [0.1, 0.15) is 0 Å². The second-order valence-electron chi connectivity index (χ2n) is 5.50. The number of hydrogen-bond acceptors (Lipinski definition) is 2. The maximum atomic E-state index is 12.6. The second kappa shape index (κ2) is 7.83. The fraction of sp³-hybridized carbons (Fsp3) is 0.222. The zero-order valence-corrected chi connectivity index (χ0v) is 13.5. The monoisotopic (exact) mass is 350 g/mol. The van der Waals surface area contributed by atoms with Crippen LogP contribution in [0.2, 0.25) is 0 Å². The van der Waals surface area contributed by atoms with E-state index in [4.69, 9.17) is 0 Å². The van der Waals surface area contributed by atoms with Gasteiger partial charge in [-0.2, -0.15) is 13.2 Å². The molecule has 2 aromatic carbocycles. The first-order valence-corrected chi connectivity index (χ1v) is 7.58. The van der Waals surface area contributed by atoms with E-state index in [0.29, 0.717) is 5.56 Å². The summed E-state index contributed by atoms with van der Waals surface area (Å²) in [5.41, 5.74) is 0.649. The SMILES string of the molecule is Cc1cccc(C(=O)NCCC(=O)Nc2cccc(C(F)(F)F)c2)c1. The molecule has 25 heavy (non-hydrogen) atoms. The van der Waals surface area contributed by atoms with Gasteiger partial charge in [-0.25, -0.2) is 0 Å². The molecule has 0 aliphatic carbocycles. The van der Waals surface area contributed by atoms with Crippen molar-refractivity contribution in [2.75, 3.05) is 11.9 Å². The molecule has 2 N–H and O–H groups in total. The Bertz CT molecular complexity index is 773. The smallest absolute Gasteiger partial charge is 0.352 e. The minimum absolute atomic E-state index is 0.0478. The molecule has 0 spiro atoms. The second-order valence-corrected chi connectivity index (χ2v) is 5.50. The minimum Gasteiger partial charge on any atom is -0.352 e. The third kappa shape index (κ3) is 5.63. The standard InChI is InChI=1S/C18H17F3N2O2/c1-12-4-2-5-13(10-12)17(25)22-9-8-16(24)23-15-7-3-6-14(11-15)18(19,20)21/h2-7,10-11H,8-9H2,1H3,(H,22,25)(H,23,24). The predicted octanol–water partition coefficient (Wildman–Crippen LogP) is 3.77. The first-order chi connectivity index (χ1) is 11.8. The number of halogens is 3. The van der Waals surface area contributed by atoms with Crippen LogP contribution in [-0.4, -0.2) is 18.4 Å². The Morgan fingerprint density at radius 3 is 2.44 bits per heavy atom. The molecule has 0 aromatic heterocycles. The summed E-state index contributed by atoms with van der Waals surface area (Å²) < 4.78 is 37.9. The Kier molecular flexibility index (Phi) is 5.80. The van der Waals surface area contributed by atoms with Crippen molar-refractivity contribution >= 4 is 17.5 Å². The molecule has 2 rings (SSSR count). The van der Waals surface area contributed by atoms with Crippen LogP contribution in [0.25, 0.3) is 0 Å². The number of benzene rings is 2. The number of nitrogens with one attached hydrogen (secondary N) is 2. The van der Waals surface area contributed by atoms with Gasteiger partial charge in [0.05, 0.1) is 5.56 Å². The molecule has 0 unspecified atom stereocenters. The Morgan fingerprint density at radius 1 is 1.04 bits per heavy atom. The Balaban J connectivity index is 1.84. The minimum atomic E-state index is -4.47.